The fourth-order valence-electron chi connectivity index (χ4n) is 2.12. The van der Waals surface area contributed by atoms with Crippen molar-refractivity contribution < 1.29 is 9.18 Å². The number of halogens is 2. The maximum Gasteiger partial charge on any atom is 0.267 e. The van der Waals surface area contributed by atoms with Gasteiger partial charge in [-0.25, -0.2) is 4.39 Å². The van der Waals surface area contributed by atoms with Gasteiger partial charge in [0.2, 0.25) is 0 Å². The van der Waals surface area contributed by atoms with Gasteiger partial charge in [0.25, 0.3) is 5.91 Å². The van der Waals surface area contributed by atoms with Crippen LogP contribution in [0.4, 0.5) is 4.39 Å². The summed E-state index contributed by atoms with van der Waals surface area (Å²) < 4.78 is 13.4. The number of amides is 1. The Balaban J connectivity index is 1.78. The van der Waals surface area contributed by atoms with Crippen molar-refractivity contribution in [3.63, 3.8) is 0 Å². The third-order valence-electron chi connectivity index (χ3n) is 3.20. The third kappa shape index (κ3) is 2.90. The number of aromatic amines is 1. The Morgan fingerprint density at radius 2 is 1.95 bits per heavy atom. The molecule has 0 atom stereocenters. The highest BCUT2D eigenvalue weighted by Crippen LogP contribution is 2.23. The lowest BCUT2D eigenvalue weighted by Gasteiger charge is -2.03. The van der Waals surface area contributed by atoms with Gasteiger partial charge < -0.3 is 10.3 Å². The maximum atomic E-state index is 13.4. The molecule has 2 aromatic carbocycles. The van der Waals surface area contributed by atoms with Crippen LogP contribution >= 0.6 is 11.6 Å². The van der Waals surface area contributed by atoms with Crippen molar-refractivity contribution in [1.29, 1.82) is 0 Å². The summed E-state index contributed by atoms with van der Waals surface area (Å²) in [6.07, 6.45) is 0. The average Bonchev–Trinajstić information content (AvgIpc) is 2.89. The second-order valence-corrected chi connectivity index (χ2v) is 5.11. The quantitative estimate of drug-likeness (QED) is 0.757. The van der Waals surface area contributed by atoms with Crippen molar-refractivity contribution in [1.82, 2.24) is 10.3 Å². The van der Waals surface area contributed by atoms with Gasteiger partial charge in [-0.3, -0.25) is 4.79 Å². The van der Waals surface area contributed by atoms with Gasteiger partial charge in [0.15, 0.2) is 0 Å². The summed E-state index contributed by atoms with van der Waals surface area (Å²) in [6, 6.07) is 14.0. The van der Waals surface area contributed by atoms with E-state index in [0.717, 1.165) is 5.56 Å². The summed E-state index contributed by atoms with van der Waals surface area (Å²) in [5.41, 5.74) is 1.93. The Kier molecular flexibility index (Phi) is 3.62. The minimum absolute atomic E-state index is 0.0396. The minimum atomic E-state index is -0.512. The summed E-state index contributed by atoms with van der Waals surface area (Å²) in [5, 5.41) is 3.55. The maximum absolute atomic E-state index is 13.4. The first-order chi connectivity index (χ1) is 10.1. The molecule has 106 valence electrons. The molecule has 0 saturated heterocycles. The van der Waals surface area contributed by atoms with Crippen molar-refractivity contribution in [2.75, 3.05) is 0 Å². The molecule has 3 nitrogen and oxygen atoms in total. The zero-order chi connectivity index (χ0) is 14.8. The molecule has 21 heavy (non-hydrogen) atoms. The Bertz CT molecular complexity index is 760. The number of hydrogen-bond acceptors (Lipinski definition) is 1. The molecule has 0 aliphatic rings. The predicted octanol–water partition coefficient (Wildman–Crippen LogP) is 3.89. The highest BCUT2D eigenvalue weighted by molar-refractivity contribution is 6.31. The molecule has 0 aliphatic carbocycles. The van der Waals surface area contributed by atoms with Gasteiger partial charge >= 0.3 is 0 Å². The highest BCUT2D eigenvalue weighted by atomic mass is 35.5. The van der Waals surface area contributed by atoms with Crippen molar-refractivity contribution in [2.24, 2.45) is 0 Å². The number of H-pyrrole nitrogens is 1. The van der Waals surface area contributed by atoms with Gasteiger partial charge in [-0.2, -0.15) is 0 Å². The molecule has 0 fully saturated rings. The first kappa shape index (κ1) is 13.6. The van der Waals surface area contributed by atoms with Crippen LogP contribution in [-0.4, -0.2) is 10.9 Å². The molecule has 0 spiro atoms. The third-order valence-corrected chi connectivity index (χ3v) is 3.49. The van der Waals surface area contributed by atoms with Crippen molar-refractivity contribution >= 4 is 28.4 Å². The summed E-state index contributed by atoms with van der Waals surface area (Å²) in [6.45, 7) is 0.435. The van der Waals surface area contributed by atoms with Crippen LogP contribution in [-0.2, 0) is 6.54 Å². The lowest BCUT2D eigenvalue weighted by atomic mass is 10.2. The largest absolute Gasteiger partial charge is 0.350 e. The fraction of sp³-hybridized carbons (Fsp3) is 0.0625. The van der Waals surface area contributed by atoms with E-state index in [2.05, 4.69) is 10.3 Å². The number of fused-ring (bicyclic) bond motifs is 1. The molecule has 0 bridgehead atoms. The molecule has 1 amide bonds. The predicted molar refractivity (Wildman–Crippen MR) is 80.9 cm³/mol. The number of nitrogens with one attached hydrogen (secondary N) is 2. The first-order valence-electron chi connectivity index (χ1n) is 6.43. The standard InChI is InChI=1S/C16H12ClFN2O/c17-12-6-11-7-15(20-14(11)8-13(12)18)16(21)19-9-10-4-2-1-3-5-10/h1-8,20H,9H2,(H,19,21). The van der Waals surface area contributed by atoms with Crippen LogP contribution in [0.3, 0.4) is 0 Å². The van der Waals surface area contributed by atoms with E-state index in [-0.39, 0.29) is 10.9 Å². The van der Waals surface area contributed by atoms with Crippen LogP contribution in [0, 0.1) is 5.82 Å². The summed E-state index contributed by atoms with van der Waals surface area (Å²) in [5.74, 6) is -0.756. The molecular weight excluding hydrogens is 291 g/mol. The first-order valence-corrected chi connectivity index (χ1v) is 6.81. The SMILES string of the molecule is O=C(NCc1ccccc1)c1cc2cc(Cl)c(F)cc2[nH]1. The molecule has 0 unspecified atom stereocenters. The van der Waals surface area contributed by atoms with Gasteiger partial charge in [-0.15, -0.1) is 0 Å². The fourth-order valence-corrected chi connectivity index (χ4v) is 2.29. The Labute approximate surface area is 125 Å². The Hall–Kier alpha value is -2.33. The van der Waals surface area contributed by atoms with E-state index in [9.17, 15) is 9.18 Å². The van der Waals surface area contributed by atoms with Gasteiger partial charge in [0.05, 0.1) is 5.02 Å². The van der Waals surface area contributed by atoms with E-state index in [4.69, 9.17) is 11.6 Å². The molecule has 2 N–H and O–H groups in total. The minimum Gasteiger partial charge on any atom is -0.350 e. The molecule has 3 rings (SSSR count). The van der Waals surface area contributed by atoms with Crippen molar-refractivity contribution in [3.8, 4) is 0 Å². The summed E-state index contributed by atoms with van der Waals surface area (Å²) in [4.78, 5) is 15.0. The van der Waals surface area contributed by atoms with E-state index >= 15 is 0 Å². The zero-order valence-corrected chi connectivity index (χ0v) is 11.7. The lowest BCUT2D eigenvalue weighted by Crippen LogP contribution is -2.22. The van der Waals surface area contributed by atoms with E-state index in [1.807, 2.05) is 30.3 Å². The van der Waals surface area contributed by atoms with Crippen LogP contribution in [0.15, 0.2) is 48.5 Å². The average molecular weight is 303 g/mol. The molecule has 5 heteroatoms. The van der Waals surface area contributed by atoms with Crippen molar-refractivity contribution in [3.05, 3.63) is 70.6 Å². The smallest absolute Gasteiger partial charge is 0.267 e. The van der Waals surface area contributed by atoms with E-state index in [1.165, 1.54) is 12.1 Å². The number of carbonyl (C=O) groups excluding carboxylic acids is 1. The van der Waals surface area contributed by atoms with E-state index in [0.29, 0.717) is 23.1 Å². The number of rotatable bonds is 3. The topological polar surface area (TPSA) is 44.9 Å². The van der Waals surface area contributed by atoms with Crippen LogP contribution in [0.25, 0.3) is 10.9 Å². The van der Waals surface area contributed by atoms with Crippen LogP contribution in [0.2, 0.25) is 5.02 Å². The summed E-state index contributed by atoms with van der Waals surface area (Å²) in [7, 11) is 0. The van der Waals surface area contributed by atoms with Crippen LogP contribution in [0.5, 0.6) is 0 Å². The molecule has 0 saturated carbocycles. The monoisotopic (exact) mass is 302 g/mol. The number of hydrogen-bond donors (Lipinski definition) is 2. The molecule has 0 aliphatic heterocycles. The Morgan fingerprint density at radius 1 is 1.19 bits per heavy atom. The van der Waals surface area contributed by atoms with Gasteiger partial charge in [0.1, 0.15) is 11.5 Å². The van der Waals surface area contributed by atoms with E-state index in [1.54, 1.807) is 6.07 Å². The highest BCUT2D eigenvalue weighted by Gasteiger charge is 2.11. The number of carbonyl (C=O) groups is 1. The molecule has 1 heterocycles. The zero-order valence-electron chi connectivity index (χ0n) is 11.0. The lowest BCUT2D eigenvalue weighted by molar-refractivity contribution is 0.0947. The number of aromatic nitrogens is 1. The molecule has 1 aromatic heterocycles. The van der Waals surface area contributed by atoms with Gasteiger partial charge in [-0.1, -0.05) is 41.9 Å². The summed E-state index contributed by atoms with van der Waals surface area (Å²) >= 11 is 5.73. The van der Waals surface area contributed by atoms with Gasteiger partial charge in [0, 0.05) is 17.4 Å². The van der Waals surface area contributed by atoms with E-state index < -0.39 is 5.82 Å². The number of benzene rings is 2. The molecule has 3 aromatic rings. The Morgan fingerprint density at radius 3 is 2.71 bits per heavy atom. The molecule has 0 radical (unpaired) electrons. The molecular formula is C16H12ClFN2O. The normalized spacial score (nSPS) is 10.8. The van der Waals surface area contributed by atoms with Crippen LogP contribution < -0.4 is 5.32 Å². The van der Waals surface area contributed by atoms with Gasteiger partial charge in [-0.05, 0) is 23.8 Å². The van der Waals surface area contributed by atoms with Crippen molar-refractivity contribution in [2.45, 2.75) is 6.54 Å². The second-order valence-electron chi connectivity index (χ2n) is 4.70. The second kappa shape index (κ2) is 5.58. The van der Waals surface area contributed by atoms with Crippen LogP contribution in [0.1, 0.15) is 16.1 Å².